The molecule has 20 heteroatoms. The number of likely N-dealkylation sites (tertiary alicyclic amines) is 2. The number of piperidine rings is 2. The molecule has 2 aromatic heterocycles. The van der Waals surface area contributed by atoms with Gasteiger partial charge in [0.25, 0.3) is 0 Å². The molecule has 5 amide bonds. The van der Waals surface area contributed by atoms with Crippen molar-refractivity contribution >= 4 is 52.2 Å². The molecule has 0 radical (unpaired) electrons. The lowest BCUT2D eigenvalue weighted by Gasteiger charge is -2.43. The van der Waals surface area contributed by atoms with Crippen LogP contribution >= 0.6 is 11.6 Å². The van der Waals surface area contributed by atoms with E-state index in [1.54, 1.807) is 11.7 Å². The number of primary amides is 1. The van der Waals surface area contributed by atoms with E-state index >= 15 is 13.2 Å². The quantitative estimate of drug-likeness (QED) is 0.0945. The van der Waals surface area contributed by atoms with Crippen molar-refractivity contribution in [2.45, 2.75) is 94.2 Å². The van der Waals surface area contributed by atoms with Gasteiger partial charge in [-0.25, -0.2) is 27.6 Å². The molecule has 4 fully saturated rings. The lowest BCUT2D eigenvalue weighted by atomic mass is 9.77. The maximum absolute atomic E-state index is 16.5. The van der Waals surface area contributed by atoms with Gasteiger partial charge in [-0.05, 0) is 88.2 Å². The monoisotopic (exact) mass is 1030 g/mol. The van der Waals surface area contributed by atoms with Gasteiger partial charge in [0.2, 0.25) is 17.7 Å². The molecule has 5 aromatic rings. The largest absolute Gasteiger partial charge is 0.488 e. The van der Waals surface area contributed by atoms with Crippen molar-refractivity contribution < 1.29 is 46.9 Å². The zero-order valence-corrected chi connectivity index (χ0v) is 41.5. The molecule has 0 bridgehead atoms. The molecule has 1 saturated carbocycles. The van der Waals surface area contributed by atoms with Crippen LogP contribution in [0.2, 0.25) is 5.02 Å². The Bertz CT molecular complexity index is 2960. The van der Waals surface area contributed by atoms with Crippen molar-refractivity contribution in [1.82, 2.24) is 35.2 Å². The van der Waals surface area contributed by atoms with Crippen molar-refractivity contribution in [3.63, 3.8) is 0 Å². The number of halogens is 4. The van der Waals surface area contributed by atoms with Crippen LogP contribution in [0.15, 0.2) is 54.6 Å². The molecule has 3 saturated heterocycles. The number of hydrogen-bond acceptors (Lipinski definition) is 11. The Hall–Kier alpha value is -6.28. The summed E-state index contributed by atoms with van der Waals surface area (Å²) in [4.78, 5) is 61.6. The highest BCUT2D eigenvalue weighted by Crippen LogP contribution is 2.56. The molecule has 3 aromatic carbocycles. The van der Waals surface area contributed by atoms with Gasteiger partial charge >= 0.3 is 6.03 Å². The summed E-state index contributed by atoms with van der Waals surface area (Å²) in [7, 11) is 1.71. The molecule has 386 valence electrons. The third kappa shape index (κ3) is 9.37. The fraction of sp³-hybridized carbons (Fsp3) is 0.472. The number of pyridine rings is 1. The number of nitrogens with two attached hydrogens (primary N) is 1. The Kier molecular flexibility index (Phi) is 14.2. The van der Waals surface area contributed by atoms with Crippen LogP contribution in [0.3, 0.4) is 0 Å². The van der Waals surface area contributed by atoms with Crippen LogP contribution in [0, 0.1) is 23.4 Å². The van der Waals surface area contributed by atoms with Gasteiger partial charge in [-0.1, -0.05) is 48.9 Å². The standard InChI is InChI=1S/C53H59ClF3N9O7/c1-29-42-40(27-37(55)45(54)44(42)43-35(48(58)69)12-13-39(46(43)57)72-25-24-67)73-53(29,32-6-4-3-5-7-32)28-59-33-10-8-31(9-11-33)51(70)65-21-16-34(17-22-65)64-19-14-30(15-20-64)47-38(56)26-36-49(61-47)63(2)62-50(36)66-23-18-41(68)60-52(66)71/h3-7,12-13,26-27,29-31,33-34,59,67H,8-11,14-25,28H2,1-2H3,(H2,58,69)(H,60,68,71)/t29-,31?,33?,53-/m0/s1. The summed E-state index contributed by atoms with van der Waals surface area (Å²) in [6.07, 6.45) is 6.22. The van der Waals surface area contributed by atoms with Crippen molar-refractivity contribution in [1.29, 1.82) is 0 Å². The van der Waals surface area contributed by atoms with Crippen LogP contribution in [0.4, 0.5) is 23.8 Å². The molecule has 0 spiro atoms. The van der Waals surface area contributed by atoms with Gasteiger partial charge in [-0.2, -0.15) is 5.10 Å². The number of aliphatic hydroxyl groups excluding tert-OH is 1. The molecule has 5 N–H and O–H groups in total. The number of benzene rings is 3. The van der Waals surface area contributed by atoms with Crippen LogP contribution in [-0.4, -0.2) is 118 Å². The molecule has 5 aliphatic rings. The first-order valence-corrected chi connectivity index (χ1v) is 25.6. The number of aryl methyl sites for hydroxylation is 1. The third-order valence-corrected chi connectivity index (χ3v) is 16.3. The molecule has 4 aliphatic heterocycles. The van der Waals surface area contributed by atoms with E-state index in [0.717, 1.165) is 57.2 Å². The number of imide groups is 1. The molecule has 2 atom stereocenters. The number of aromatic nitrogens is 3. The predicted octanol–water partition coefficient (Wildman–Crippen LogP) is 7.03. The van der Waals surface area contributed by atoms with Crippen molar-refractivity contribution in [2.75, 3.05) is 57.4 Å². The summed E-state index contributed by atoms with van der Waals surface area (Å²) in [5.74, 6) is -4.02. The second kappa shape index (κ2) is 20.6. The number of aliphatic hydroxyl groups is 1. The van der Waals surface area contributed by atoms with E-state index in [1.807, 2.05) is 42.2 Å². The highest BCUT2D eigenvalue weighted by molar-refractivity contribution is 6.34. The Labute approximate surface area is 425 Å². The lowest BCUT2D eigenvalue weighted by Crippen LogP contribution is -2.51. The van der Waals surface area contributed by atoms with E-state index in [1.165, 1.54) is 29.2 Å². The van der Waals surface area contributed by atoms with Gasteiger partial charge in [-0.15, -0.1) is 0 Å². The average Bonchev–Trinajstić information content (AvgIpc) is 3.87. The second-order valence-electron chi connectivity index (χ2n) is 20.0. The molecular formula is C53H59ClF3N9O7. The van der Waals surface area contributed by atoms with E-state index in [-0.39, 0.29) is 89.8 Å². The number of nitrogens with one attached hydrogen (secondary N) is 2. The minimum absolute atomic E-state index is 0.0416. The number of amides is 5. The molecule has 10 rings (SSSR count). The number of carbonyl (C=O) groups is 4. The van der Waals surface area contributed by atoms with Gasteiger partial charge in [0, 0.05) is 92.2 Å². The Balaban J connectivity index is 0.753. The molecule has 16 nitrogen and oxygen atoms in total. The number of urea groups is 1. The first kappa shape index (κ1) is 50.3. The number of fused-ring (bicyclic) bond motifs is 2. The highest BCUT2D eigenvalue weighted by Gasteiger charge is 2.50. The third-order valence-electron chi connectivity index (χ3n) is 15.9. The van der Waals surface area contributed by atoms with Crippen LogP contribution < -0.4 is 30.7 Å². The van der Waals surface area contributed by atoms with Gasteiger partial charge in [0.1, 0.15) is 24.0 Å². The first-order chi connectivity index (χ1) is 35.2. The minimum Gasteiger partial charge on any atom is -0.488 e. The number of carbonyl (C=O) groups excluding carboxylic acids is 4. The van der Waals surface area contributed by atoms with Crippen LogP contribution in [0.1, 0.15) is 104 Å². The SMILES string of the molecule is C[C@H]1c2c(cc(F)c(Cl)c2-c2c(C(N)=O)ccc(OCCO)c2F)O[C@]1(CNC1CCC(C(=O)N2CCC(N3CCC(c4nc5c(cc4F)c(N4CCC(=O)NC4=O)nn5C)CC3)CC2)CC1)c1ccccc1. The zero-order chi connectivity index (χ0) is 51.3. The van der Waals surface area contributed by atoms with E-state index in [0.29, 0.717) is 54.3 Å². The fourth-order valence-electron chi connectivity index (χ4n) is 12.0. The summed E-state index contributed by atoms with van der Waals surface area (Å²) in [5.41, 5.74) is 6.09. The van der Waals surface area contributed by atoms with Crippen LogP contribution in [-0.2, 0) is 22.2 Å². The zero-order valence-electron chi connectivity index (χ0n) is 40.8. The molecule has 0 unspecified atom stereocenters. The van der Waals surface area contributed by atoms with E-state index in [9.17, 15) is 24.3 Å². The van der Waals surface area contributed by atoms with E-state index in [2.05, 4.69) is 20.6 Å². The summed E-state index contributed by atoms with van der Waals surface area (Å²) >= 11 is 6.72. The van der Waals surface area contributed by atoms with Gasteiger partial charge in [0.05, 0.1) is 28.3 Å². The lowest BCUT2D eigenvalue weighted by molar-refractivity contribution is -0.138. The van der Waals surface area contributed by atoms with Gasteiger partial charge in [-0.3, -0.25) is 24.6 Å². The number of nitrogens with zero attached hydrogens (tertiary/aromatic N) is 6. The summed E-state index contributed by atoms with van der Waals surface area (Å²) in [5, 5.41) is 19.9. The second-order valence-corrected chi connectivity index (χ2v) is 20.4. The summed E-state index contributed by atoms with van der Waals surface area (Å²) < 4.78 is 61.9. The van der Waals surface area contributed by atoms with E-state index in [4.69, 9.17) is 31.8 Å². The topological polar surface area (TPSA) is 197 Å². The number of ether oxygens (including phenoxy) is 2. The van der Waals surface area contributed by atoms with Crippen LogP contribution in [0.5, 0.6) is 11.5 Å². The molecular weight excluding hydrogens is 967 g/mol. The fourth-order valence-corrected chi connectivity index (χ4v) is 12.2. The Morgan fingerprint density at radius 1 is 0.945 bits per heavy atom. The maximum Gasteiger partial charge on any atom is 0.329 e. The smallest absolute Gasteiger partial charge is 0.329 e. The van der Waals surface area contributed by atoms with Crippen molar-refractivity contribution in [2.24, 2.45) is 18.7 Å². The maximum atomic E-state index is 16.5. The number of rotatable bonds is 13. The molecule has 73 heavy (non-hydrogen) atoms. The van der Waals surface area contributed by atoms with Crippen LogP contribution in [0.25, 0.3) is 22.2 Å². The minimum atomic E-state index is -1.12. The summed E-state index contributed by atoms with van der Waals surface area (Å²) in [6, 6.07) is 14.4. The van der Waals surface area contributed by atoms with Gasteiger partial charge in [0.15, 0.2) is 28.6 Å². The number of anilines is 1. The molecule has 1 aliphatic carbocycles. The number of hydrogen-bond donors (Lipinski definition) is 4. The molecule has 6 heterocycles. The summed E-state index contributed by atoms with van der Waals surface area (Å²) in [6.45, 7) is 4.64. The highest BCUT2D eigenvalue weighted by atomic mass is 35.5. The van der Waals surface area contributed by atoms with Crippen molar-refractivity contribution in [3.8, 4) is 22.6 Å². The Morgan fingerprint density at radius 3 is 2.36 bits per heavy atom. The normalized spacial score (nSPS) is 23.1. The Morgan fingerprint density at radius 2 is 1.67 bits per heavy atom. The average molecular weight is 1030 g/mol. The van der Waals surface area contributed by atoms with E-state index < -0.39 is 52.5 Å². The predicted molar refractivity (Wildman–Crippen MR) is 266 cm³/mol. The van der Waals surface area contributed by atoms with Crippen molar-refractivity contribution in [3.05, 3.63) is 99.5 Å². The first-order valence-electron chi connectivity index (χ1n) is 25.2. The van der Waals surface area contributed by atoms with Gasteiger partial charge < -0.3 is 35.4 Å².